The molecule has 4 nitrogen and oxygen atoms in total. The fraction of sp³-hybridized carbons (Fsp3) is 0.389. The Morgan fingerprint density at radius 3 is 2.83 bits per heavy atom. The lowest BCUT2D eigenvalue weighted by Gasteiger charge is -2.34. The van der Waals surface area contributed by atoms with Gasteiger partial charge in [-0.15, -0.1) is 0 Å². The second-order valence-corrected chi connectivity index (χ2v) is 5.92. The van der Waals surface area contributed by atoms with E-state index in [1.165, 1.54) is 19.2 Å². The average Bonchev–Trinajstić information content (AvgIpc) is 2.53. The van der Waals surface area contributed by atoms with Crippen molar-refractivity contribution in [2.75, 3.05) is 7.11 Å². The van der Waals surface area contributed by atoms with Gasteiger partial charge < -0.3 is 4.74 Å². The van der Waals surface area contributed by atoms with Crippen molar-refractivity contribution in [3.8, 4) is 0 Å². The molecule has 1 unspecified atom stereocenters. The van der Waals surface area contributed by atoms with Gasteiger partial charge in [0.05, 0.1) is 7.11 Å². The van der Waals surface area contributed by atoms with Gasteiger partial charge in [0, 0.05) is 29.3 Å². The average molecular weight is 315 g/mol. The molecule has 120 valence electrons. The van der Waals surface area contributed by atoms with E-state index in [0.717, 1.165) is 12.1 Å². The molecule has 2 aliphatic rings. The number of methoxy groups -OCH3 is 1. The van der Waals surface area contributed by atoms with E-state index >= 15 is 0 Å². The Balaban J connectivity index is 2.19. The first-order valence-corrected chi connectivity index (χ1v) is 7.67. The van der Waals surface area contributed by atoms with Crippen LogP contribution in [0.25, 0.3) is 0 Å². The minimum absolute atomic E-state index is 0.00864. The van der Waals surface area contributed by atoms with Crippen LogP contribution in [0.5, 0.6) is 0 Å². The Bertz CT molecular complexity index is 736. The van der Waals surface area contributed by atoms with Gasteiger partial charge in [-0.1, -0.05) is 12.1 Å². The fourth-order valence-electron chi connectivity index (χ4n) is 3.50. The number of halogens is 1. The van der Waals surface area contributed by atoms with Crippen molar-refractivity contribution < 1.29 is 18.7 Å². The Kier molecular flexibility index (Phi) is 4.11. The molecule has 0 saturated carbocycles. The molecular formula is C18H18FNO3. The molecular weight excluding hydrogens is 297 g/mol. The zero-order chi connectivity index (χ0) is 16.6. The maximum Gasteiger partial charge on any atom is 0.315 e. The summed E-state index contributed by atoms with van der Waals surface area (Å²) in [7, 11) is 1.31. The largest absolute Gasteiger partial charge is 0.468 e. The van der Waals surface area contributed by atoms with E-state index < -0.39 is 23.6 Å². The van der Waals surface area contributed by atoms with Crippen molar-refractivity contribution in [1.82, 2.24) is 0 Å². The molecule has 0 saturated heterocycles. The zero-order valence-corrected chi connectivity index (χ0v) is 13.1. The van der Waals surface area contributed by atoms with Crippen LogP contribution in [0, 0.1) is 11.7 Å². The van der Waals surface area contributed by atoms with Gasteiger partial charge in [0.1, 0.15) is 11.7 Å². The number of hydrogen-bond acceptors (Lipinski definition) is 4. The first-order valence-electron chi connectivity index (χ1n) is 7.67. The van der Waals surface area contributed by atoms with Crippen LogP contribution in [-0.4, -0.2) is 24.6 Å². The van der Waals surface area contributed by atoms with Crippen LogP contribution in [0.2, 0.25) is 0 Å². The number of rotatable bonds is 2. The highest BCUT2D eigenvalue weighted by Crippen LogP contribution is 2.43. The molecule has 2 atom stereocenters. The summed E-state index contributed by atoms with van der Waals surface area (Å²) in [6.45, 7) is 1.76. The van der Waals surface area contributed by atoms with Gasteiger partial charge in [0.2, 0.25) is 0 Å². The van der Waals surface area contributed by atoms with E-state index in [2.05, 4.69) is 4.99 Å². The Morgan fingerprint density at radius 2 is 2.13 bits per heavy atom. The summed E-state index contributed by atoms with van der Waals surface area (Å²) < 4.78 is 18.6. The number of benzene rings is 1. The predicted octanol–water partition coefficient (Wildman–Crippen LogP) is 3.18. The third kappa shape index (κ3) is 2.71. The molecule has 0 radical (unpaired) electrons. The van der Waals surface area contributed by atoms with Gasteiger partial charge in [-0.3, -0.25) is 14.6 Å². The lowest BCUT2D eigenvalue weighted by atomic mass is 9.72. The van der Waals surface area contributed by atoms with Crippen molar-refractivity contribution in [2.45, 2.75) is 32.1 Å². The fourth-order valence-corrected chi connectivity index (χ4v) is 3.50. The molecule has 3 rings (SSSR count). The van der Waals surface area contributed by atoms with Gasteiger partial charge in [-0.05, 0) is 37.5 Å². The van der Waals surface area contributed by atoms with Gasteiger partial charge in [0.15, 0.2) is 5.78 Å². The van der Waals surface area contributed by atoms with Gasteiger partial charge in [-0.25, -0.2) is 4.39 Å². The summed E-state index contributed by atoms with van der Waals surface area (Å²) in [5.41, 5.74) is 2.49. The number of allylic oxidation sites excluding steroid dienone is 2. The van der Waals surface area contributed by atoms with E-state index in [4.69, 9.17) is 4.74 Å². The van der Waals surface area contributed by atoms with Gasteiger partial charge in [0.25, 0.3) is 0 Å². The molecule has 1 heterocycles. The minimum atomic E-state index is -0.692. The third-order valence-electron chi connectivity index (χ3n) is 4.50. The number of Topliss-reactive ketones (excluding diaryl/α,β-unsaturated/α-hetero) is 1. The third-order valence-corrected chi connectivity index (χ3v) is 4.50. The molecule has 5 heteroatoms. The second-order valence-electron chi connectivity index (χ2n) is 5.92. The number of aliphatic imine (C=N–C) groups is 1. The highest BCUT2D eigenvalue weighted by Gasteiger charge is 2.42. The van der Waals surface area contributed by atoms with E-state index in [1.807, 2.05) is 0 Å². The highest BCUT2D eigenvalue weighted by atomic mass is 19.1. The van der Waals surface area contributed by atoms with E-state index in [9.17, 15) is 14.0 Å². The Hall–Kier alpha value is -2.30. The van der Waals surface area contributed by atoms with Gasteiger partial charge >= 0.3 is 5.97 Å². The van der Waals surface area contributed by atoms with Crippen molar-refractivity contribution >= 4 is 17.5 Å². The van der Waals surface area contributed by atoms with Crippen LogP contribution in [0.3, 0.4) is 0 Å². The van der Waals surface area contributed by atoms with Crippen molar-refractivity contribution in [3.05, 3.63) is 46.9 Å². The number of ether oxygens (including phenoxy) is 1. The molecule has 1 aromatic carbocycles. The van der Waals surface area contributed by atoms with Crippen LogP contribution < -0.4 is 0 Å². The maximum atomic E-state index is 13.7. The number of hydrogen-bond donors (Lipinski definition) is 0. The van der Waals surface area contributed by atoms with Crippen LogP contribution in [0.1, 0.15) is 37.7 Å². The molecule has 0 aromatic heterocycles. The van der Waals surface area contributed by atoms with E-state index in [-0.39, 0.29) is 5.78 Å². The van der Waals surface area contributed by atoms with Gasteiger partial charge in [-0.2, -0.15) is 0 Å². The normalized spacial score (nSPS) is 24.1. The van der Waals surface area contributed by atoms with Crippen LogP contribution in [0.4, 0.5) is 4.39 Å². The highest BCUT2D eigenvalue weighted by molar-refractivity contribution is 6.08. The monoisotopic (exact) mass is 315 g/mol. The lowest BCUT2D eigenvalue weighted by molar-refractivity contribution is -0.143. The summed E-state index contributed by atoms with van der Waals surface area (Å²) in [6.07, 6.45) is 1.90. The summed E-state index contributed by atoms with van der Waals surface area (Å²) in [5, 5.41) is 0. The van der Waals surface area contributed by atoms with Crippen LogP contribution in [-0.2, 0) is 14.3 Å². The first kappa shape index (κ1) is 15.6. The number of nitrogens with zero attached hydrogens (tertiary/aromatic N) is 1. The predicted molar refractivity (Wildman–Crippen MR) is 83.6 cm³/mol. The molecule has 0 bridgehead atoms. The molecule has 1 aromatic rings. The molecule has 1 aliphatic carbocycles. The Morgan fingerprint density at radius 1 is 1.35 bits per heavy atom. The van der Waals surface area contributed by atoms with Crippen molar-refractivity contribution in [2.24, 2.45) is 10.9 Å². The van der Waals surface area contributed by atoms with Crippen LogP contribution in [0.15, 0.2) is 40.5 Å². The quantitative estimate of drug-likeness (QED) is 0.788. The molecule has 0 fully saturated rings. The SMILES string of the molecule is COC(=O)C1C(C)=NC2=C(C(=O)CCC2)[C@@H]1c1cccc(F)c1. The molecule has 23 heavy (non-hydrogen) atoms. The lowest BCUT2D eigenvalue weighted by Crippen LogP contribution is -2.36. The minimum Gasteiger partial charge on any atom is -0.468 e. The molecule has 0 N–H and O–H groups in total. The number of esters is 1. The summed E-state index contributed by atoms with van der Waals surface area (Å²) in [5.74, 6) is -2.08. The Labute approximate surface area is 134 Å². The zero-order valence-electron chi connectivity index (χ0n) is 13.1. The van der Waals surface area contributed by atoms with E-state index in [0.29, 0.717) is 29.7 Å². The summed E-state index contributed by atoms with van der Waals surface area (Å²) in [4.78, 5) is 29.3. The first-order chi connectivity index (χ1) is 11.0. The van der Waals surface area contributed by atoms with Crippen LogP contribution >= 0.6 is 0 Å². The van der Waals surface area contributed by atoms with Crippen molar-refractivity contribution in [1.29, 1.82) is 0 Å². The topological polar surface area (TPSA) is 55.7 Å². The number of carbonyl (C=O) groups excluding carboxylic acids is 2. The molecule has 0 amide bonds. The number of ketones is 1. The number of carbonyl (C=O) groups is 2. The maximum absolute atomic E-state index is 13.7. The standard InChI is InChI=1S/C18H18FNO3/c1-10-15(18(22)23-2)16(11-5-3-6-12(19)9-11)17-13(20-10)7-4-8-14(17)21/h3,5-6,9,15-16H,4,7-8H2,1-2H3/t15?,16-/m1/s1. The molecule has 0 spiro atoms. The van der Waals surface area contributed by atoms with E-state index in [1.54, 1.807) is 19.1 Å². The smallest absolute Gasteiger partial charge is 0.315 e. The summed E-state index contributed by atoms with van der Waals surface area (Å²) in [6, 6.07) is 6.06. The molecule has 1 aliphatic heterocycles. The summed E-state index contributed by atoms with van der Waals surface area (Å²) >= 11 is 0. The van der Waals surface area contributed by atoms with Crippen molar-refractivity contribution in [3.63, 3.8) is 0 Å². The second kappa shape index (κ2) is 6.07.